The van der Waals surface area contributed by atoms with Gasteiger partial charge in [0.15, 0.2) is 0 Å². The van der Waals surface area contributed by atoms with Crippen molar-refractivity contribution in [3.05, 3.63) is 56.6 Å². The molecule has 1 aliphatic rings. The van der Waals surface area contributed by atoms with Gasteiger partial charge in [-0.05, 0) is 12.1 Å². The Labute approximate surface area is 116 Å². The van der Waals surface area contributed by atoms with Crippen LogP contribution in [0, 0.1) is 20.2 Å². The van der Waals surface area contributed by atoms with Crippen LogP contribution in [0.4, 0.5) is 11.4 Å². The molecule has 0 aromatic heterocycles. The topological polar surface area (TPSA) is 95.5 Å². The number of hydrogen-bond acceptors (Lipinski definition) is 6. The first-order chi connectivity index (χ1) is 9.54. The lowest BCUT2D eigenvalue weighted by atomic mass is 10.2. The van der Waals surface area contributed by atoms with E-state index in [1.54, 1.807) is 6.07 Å². The molecule has 3 rings (SSSR count). The maximum absolute atomic E-state index is 10.7. The molecule has 0 bridgehead atoms. The first-order valence-electron chi connectivity index (χ1n) is 5.47. The maximum atomic E-state index is 10.7. The fraction of sp³-hybridized carbons (Fsp3) is 0. The van der Waals surface area contributed by atoms with Crippen LogP contribution in [0.15, 0.2) is 46.2 Å². The third-order valence-corrected chi connectivity index (χ3v) is 3.81. The predicted molar refractivity (Wildman–Crippen MR) is 70.4 cm³/mol. The van der Waals surface area contributed by atoms with E-state index in [0.29, 0.717) is 21.3 Å². The van der Waals surface area contributed by atoms with Gasteiger partial charge in [0.2, 0.25) is 0 Å². The minimum absolute atomic E-state index is 0.0230. The summed E-state index contributed by atoms with van der Waals surface area (Å²) in [5, 5.41) is 21.5. The Morgan fingerprint density at radius 2 is 1.50 bits per heavy atom. The molecule has 0 N–H and O–H groups in total. The van der Waals surface area contributed by atoms with Gasteiger partial charge in [-0.15, -0.1) is 0 Å². The lowest BCUT2D eigenvalue weighted by molar-refractivity contribution is -0.385. The second-order valence-electron chi connectivity index (χ2n) is 3.98. The molecule has 100 valence electrons. The summed E-state index contributed by atoms with van der Waals surface area (Å²) in [5.74, 6) is 0.833. The van der Waals surface area contributed by atoms with E-state index in [1.807, 2.05) is 0 Å². The van der Waals surface area contributed by atoms with Crippen LogP contribution in [0.2, 0.25) is 0 Å². The van der Waals surface area contributed by atoms with E-state index in [9.17, 15) is 20.2 Å². The van der Waals surface area contributed by atoms with E-state index in [4.69, 9.17) is 4.74 Å². The molecule has 0 spiro atoms. The summed E-state index contributed by atoms with van der Waals surface area (Å²) >= 11 is 1.28. The molecular formula is C12H6N2O5S. The van der Waals surface area contributed by atoms with Crippen molar-refractivity contribution in [3.8, 4) is 11.5 Å². The van der Waals surface area contributed by atoms with Crippen molar-refractivity contribution in [2.75, 3.05) is 0 Å². The Kier molecular flexibility index (Phi) is 2.79. The second kappa shape index (κ2) is 4.49. The Morgan fingerprint density at radius 1 is 0.850 bits per heavy atom. The quantitative estimate of drug-likeness (QED) is 0.526. The minimum Gasteiger partial charge on any atom is -0.455 e. The molecule has 7 nitrogen and oxygen atoms in total. The van der Waals surface area contributed by atoms with Crippen LogP contribution in [-0.2, 0) is 0 Å². The number of hydrogen-bond donors (Lipinski definition) is 0. The summed E-state index contributed by atoms with van der Waals surface area (Å²) < 4.78 is 5.56. The molecule has 0 fully saturated rings. The zero-order valence-electron chi connectivity index (χ0n) is 9.81. The Balaban J connectivity index is 2.02. The van der Waals surface area contributed by atoms with Crippen molar-refractivity contribution in [1.82, 2.24) is 0 Å². The third-order valence-electron chi connectivity index (χ3n) is 2.72. The van der Waals surface area contributed by atoms with Gasteiger partial charge in [-0.1, -0.05) is 11.8 Å². The highest BCUT2D eigenvalue weighted by Gasteiger charge is 2.22. The number of nitro groups is 2. The van der Waals surface area contributed by atoms with Gasteiger partial charge in [-0.2, -0.15) is 0 Å². The number of ether oxygens (including phenoxy) is 1. The molecule has 0 amide bonds. The molecule has 0 saturated heterocycles. The van der Waals surface area contributed by atoms with E-state index in [0.717, 1.165) is 0 Å². The molecule has 20 heavy (non-hydrogen) atoms. The van der Waals surface area contributed by atoms with Crippen molar-refractivity contribution in [2.45, 2.75) is 9.79 Å². The van der Waals surface area contributed by atoms with Crippen LogP contribution in [0.5, 0.6) is 11.5 Å². The molecular weight excluding hydrogens is 284 g/mol. The number of rotatable bonds is 2. The Bertz CT molecular complexity index is 683. The lowest BCUT2D eigenvalue weighted by Gasteiger charge is -2.18. The highest BCUT2D eigenvalue weighted by Crippen LogP contribution is 2.48. The molecule has 0 aliphatic carbocycles. The standard InChI is InChI=1S/C12H6N2O5S/c15-13(16)7-2-4-11-10(5-7)19-9-3-1-8(14(17)18)6-12(9)20-11/h1-6H. The molecule has 1 heterocycles. The van der Waals surface area contributed by atoms with E-state index >= 15 is 0 Å². The molecule has 2 aromatic rings. The largest absolute Gasteiger partial charge is 0.455 e. The first kappa shape index (κ1) is 12.4. The van der Waals surface area contributed by atoms with Crippen LogP contribution in [0.1, 0.15) is 0 Å². The second-order valence-corrected chi connectivity index (χ2v) is 5.06. The predicted octanol–water partition coefficient (Wildman–Crippen LogP) is 3.76. The smallest absolute Gasteiger partial charge is 0.273 e. The van der Waals surface area contributed by atoms with Gasteiger partial charge in [-0.25, -0.2) is 0 Å². The van der Waals surface area contributed by atoms with Crippen molar-refractivity contribution < 1.29 is 14.6 Å². The fourth-order valence-corrected chi connectivity index (χ4v) is 2.75. The van der Waals surface area contributed by atoms with Crippen molar-refractivity contribution >= 4 is 23.1 Å². The van der Waals surface area contributed by atoms with Crippen molar-refractivity contribution in [1.29, 1.82) is 0 Å². The highest BCUT2D eigenvalue weighted by molar-refractivity contribution is 7.99. The van der Waals surface area contributed by atoms with E-state index < -0.39 is 9.85 Å². The molecule has 2 aromatic carbocycles. The van der Waals surface area contributed by atoms with Crippen molar-refractivity contribution in [3.63, 3.8) is 0 Å². The van der Waals surface area contributed by atoms with Gasteiger partial charge >= 0.3 is 0 Å². The average molecular weight is 290 g/mol. The molecule has 1 aliphatic heterocycles. The number of nitrogens with zero attached hydrogens (tertiary/aromatic N) is 2. The Morgan fingerprint density at radius 3 is 2.20 bits per heavy atom. The molecule has 0 atom stereocenters. The van der Waals surface area contributed by atoms with Gasteiger partial charge in [-0.3, -0.25) is 20.2 Å². The number of benzene rings is 2. The Hall–Kier alpha value is -2.61. The van der Waals surface area contributed by atoms with Gasteiger partial charge in [0.1, 0.15) is 11.5 Å². The average Bonchev–Trinajstić information content (AvgIpc) is 2.43. The van der Waals surface area contributed by atoms with Crippen LogP contribution in [0.3, 0.4) is 0 Å². The summed E-state index contributed by atoms with van der Waals surface area (Å²) in [6.45, 7) is 0. The first-order valence-corrected chi connectivity index (χ1v) is 6.29. The van der Waals surface area contributed by atoms with Gasteiger partial charge < -0.3 is 4.74 Å². The lowest BCUT2D eigenvalue weighted by Crippen LogP contribution is -1.98. The number of nitro benzene ring substituents is 2. The monoisotopic (exact) mass is 290 g/mol. The summed E-state index contributed by atoms with van der Waals surface area (Å²) in [4.78, 5) is 21.8. The van der Waals surface area contributed by atoms with E-state index in [1.165, 1.54) is 42.1 Å². The number of non-ortho nitro benzene ring substituents is 2. The van der Waals surface area contributed by atoms with Crippen LogP contribution in [-0.4, -0.2) is 9.85 Å². The molecule has 0 radical (unpaired) electrons. The van der Waals surface area contributed by atoms with Crippen molar-refractivity contribution in [2.24, 2.45) is 0 Å². The van der Waals surface area contributed by atoms with Crippen LogP contribution >= 0.6 is 11.8 Å². The highest BCUT2D eigenvalue weighted by atomic mass is 32.2. The van der Waals surface area contributed by atoms with Gasteiger partial charge in [0.25, 0.3) is 11.4 Å². The summed E-state index contributed by atoms with van der Waals surface area (Å²) in [7, 11) is 0. The van der Waals surface area contributed by atoms with Crippen LogP contribution < -0.4 is 4.74 Å². The fourth-order valence-electron chi connectivity index (χ4n) is 1.79. The zero-order chi connectivity index (χ0) is 14.3. The summed E-state index contributed by atoms with van der Waals surface area (Å²) in [6.07, 6.45) is 0. The molecule has 8 heteroatoms. The summed E-state index contributed by atoms with van der Waals surface area (Å²) in [6, 6.07) is 8.53. The molecule has 0 unspecified atom stereocenters. The summed E-state index contributed by atoms with van der Waals surface area (Å²) in [5.41, 5.74) is -0.0834. The van der Waals surface area contributed by atoms with E-state index in [2.05, 4.69) is 0 Å². The van der Waals surface area contributed by atoms with Gasteiger partial charge in [0, 0.05) is 18.2 Å². The normalized spacial score (nSPS) is 12.0. The zero-order valence-corrected chi connectivity index (χ0v) is 10.6. The number of fused-ring (bicyclic) bond motifs is 2. The van der Waals surface area contributed by atoms with Crippen LogP contribution in [0.25, 0.3) is 0 Å². The van der Waals surface area contributed by atoms with Gasteiger partial charge in [0.05, 0.1) is 25.7 Å². The minimum atomic E-state index is -0.500. The third kappa shape index (κ3) is 2.05. The SMILES string of the molecule is O=[N+]([O-])c1ccc2c(c1)Oc1ccc([N+](=O)[O-])cc1S2. The van der Waals surface area contributed by atoms with E-state index in [-0.39, 0.29) is 11.4 Å². The maximum Gasteiger partial charge on any atom is 0.273 e. The molecule has 0 saturated carbocycles.